The number of benzene rings is 2. The fourth-order valence-electron chi connectivity index (χ4n) is 1.79. The zero-order valence-corrected chi connectivity index (χ0v) is 11.0. The summed E-state index contributed by atoms with van der Waals surface area (Å²) in [5.74, 6) is -3.21. The molecule has 0 saturated heterocycles. The van der Waals surface area contributed by atoms with Crippen molar-refractivity contribution in [2.75, 3.05) is 6.61 Å². The van der Waals surface area contributed by atoms with Crippen LogP contribution in [0.1, 0.15) is 11.1 Å². The van der Waals surface area contributed by atoms with E-state index in [0.717, 1.165) is 0 Å². The number of halogens is 2. The summed E-state index contributed by atoms with van der Waals surface area (Å²) < 4.78 is 33.2. The van der Waals surface area contributed by atoms with Gasteiger partial charge in [-0.25, -0.2) is 0 Å². The zero-order valence-electron chi connectivity index (χ0n) is 11.0. The standard InChI is InChI=1S/C15H14F2N2O2/c16-15(17,11-6-2-1-3-7-11)10-21-13-9-5-4-8-12(13)14(18)19-20/h1-9,20H,10H2,(H2,18,19). The molecule has 0 bridgehead atoms. The number of hydrogen-bond donors (Lipinski definition) is 2. The molecule has 0 atom stereocenters. The van der Waals surface area contributed by atoms with Crippen LogP contribution in [0.4, 0.5) is 8.78 Å². The fourth-order valence-corrected chi connectivity index (χ4v) is 1.79. The molecule has 0 aliphatic heterocycles. The average molecular weight is 292 g/mol. The lowest BCUT2D eigenvalue weighted by atomic mass is 10.1. The number of alkyl halides is 2. The molecule has 4 nitrogen and oxygen atoms in total. The molecule has 0 aromatic heterocycles. The first-order valence-corrected chi connectivity index (χ1v) is 6.17. The van der Waals surface area contributed by atoms with Crippen LogP contribution in [-0.4, -0.2) is 17.6 Å². The number of ether oxygens (including phenoxy) is 1. The number of nitrogens with zero attached hydrogens (tertiary/aromatic N) is 1. The first-order valence-electron chi connectivity index (χ1n) is 6.17. The lowest BCUT2D eigenvalue weighted by Crippen LogP contribution is -2.24. The van der Waals surface area contributed by atoms with Crippen LogP contribution in [0.5, 0.6) is 5.75 Å². The van der Waals surface area contributed by atoms with Gasteiger partial charge in [0.25, 0.3) is 0 Å². The number of hydrogen-bond acceptors (Lipinski definition) is 3. The summed E-state index contributed by atoms with van der Waals surface area (Å²) in [6.45, 7) is -0.841. The second kappa shape index (κ2) is 6.21. The van der Waals surface area contributed by atoms with Gasteiger partial charge in [-0.1, -0.05) is 47.6 Å². The summed E-state index contributed by atoms with van der Waals surface area (Å²) in [5, 5.41) is 11.5. The van der Waals surface area contributed by atoms with Crippen LogP contribution >= 0.6 is 0 Å². The SMILES string of the molecule is N/C(=N/O)c1ccccc1OCC(F)(F)c1ccccc1. The van der Waals surface area contributed by atoms with Gasteiger partial charge >= 0.3 is 5.92 Å². The Morgan fingerprint density at radius 3 is 2.38 bits per heavy atom. The molecular formula is C15H14F2N2O2. The number of rotatable bonds is 5. The van der Waals surface area contributed by atoms with E-state index in [1.165, 1.54) is 36.4 Å². The van der Waals surface area contributed by atoms with E-state index >= 15 is 0 Å². The van der Waals surface area contributed by atoms with Gasteiger partial charge in [-0.05, 0) is 12.1 Å². The Balaban J connectivity index is 2.17. The third-order valence-electron chi connectivity index (χ3n) is 2.88. The Labute approximate surface area is 120 Å². The van der Waals surface area contributed by atoms with Crippen molar-refractivity contribution < 1.29 is 18.7 Å². The molecule has 0 unspecified atom stereocenters. The molecule has 6 heteroatoms. The van der Waals surface area contributed by atoms with Crippen molar-refractivity contribution in [3.8, 4) is 5.75 Å². The van der Waals surface area contributed by atoms with Crippen LogP contribution in [0.3, 0.4) is 0 Å². The minimum atomic E-state index is -3.14. The molecule has 0 spiro atoms. The van der Waals surface area contributed by atoms with Gasteiger partial charge < -0.3 is 15.7 Å². The molecule has 110 valence electrons. The zero-order chi connectivity index (χ0) is 15.3. The molecule has 0 saturated carbocycles. The summed E-state index contributed by atoms with van der Waals surface area (Å²) >= 11 is 0. The van der Waals surface area contributed by atoms with Gasteiger partial charge in [0.2, 0.25) is 0 Å². The normalized spacial score (nSPS) is 12.2. The highest BCUT2D eigenvalue weighted by Crippen LogP contribution is 2.29. The smallest absolute Gasteiger partial charge is 0.306 e. The van der Waals surface area contributed by atoms with Gasteiger partial charge in [-0.2, -0.15) is 8.78 Å². The van der Waals surface area contributed by atoms with Gasteiger partial charge in [-0.3, -0.25) is 0 Å². The molecule has 0 fully saturated rings. The summed E-state index contributed by atoms with van der Waals surface area (Å²) in [7, 11) is 0. The molecule has 0 amide bonds. The van der Waals surface area contributed by atoms with Crippen molar-refractivity contribution in [2.45, 2.75) is 5.92 Å². The summed E-state index contributed by atoms with van der Waals surface area (Å²) in [6, 6.07) is 13.6. The van der Waals surface area contributed by atoms with Crippen LogP contribution < -0.4 is 10.5 Å². The predicted octanol–water partition coefficient (Wildman–Crippen LogP) is 2.95. The topological polar surface area (TPSA) is 67.8 Å². The summed E-state index contributed by atoms with van der Waals surface area (Å²) in [6.07, 6.45) is 0. The van der Waals surface area contributed by atoms with Gasteiger partial charge in [0.15, 0.2) is 12.4 Å². The average Bonchev–Trinajstić information content (AvgIpc) is 2.53. The Bertz CT molecular complexity index is 631. The highest BCUT2D eigenvalue weighted by Gasteiger charge is 2.32. The van der Waals surface area contributed by atoms with Gasteiger partial charge in [0.1, 0.15) is 5.75 Å². The first-order chi connectivity index (χ1) is 10.0. The van der Waals surface area contributed by atoms with Crippen molar-refractivity contribution in [3.63, 3.8) is 0 Å². The van der Waals surface area contributed by atoms with Crippen molar-refractivity contribution >= 4 is 5.84 Å². The Morgan fingerprint density at radius 2 is 1.71 bits per heavy atom. The molecule has 0 aliphatic carbocycles. The third kappa shape index (κ3) is 3.47. The van der Waals surface area contributed by atoms with Crippen molar-refractivity contribution in [1.29, 1.82) is 0 Å². The number of nitrogens with two attached hydrogens (primary N) is 1. The van der Waals surface area contributed by atoms with Crippen LogP contribution in [0.15, 0.2) is 59.8 Å². The Hall–Kier alpha value is -2.63. The Kier molecular flexibility index (Phi) is 4.37. The van der Waals surface area contributed by atoms with E-state index in [1.54, 1.807) is 18.2 Å². The third-order valence-corrected chi connectivity index (χ3v) is 2.88. The first kappa shape index (κ1) is 14.8. The second-order valence-corrected chi connectivity index (χ2v) is 4.34. The molecule has 0 heterocycles. The van der Waals surface area contributed by atoms with Crippen LogP contribution in [0, 0.1) is 0 Å². The summed E-state index contributed by atoms with van der Waals surface area (Å²) in [5.41, 5.74) is 5.60. The second-order valence-electron chi connectivity index (χ2n) is 4.34. The van der Waals surface area contributed by atoms with Crippen molar-refractivity contribution in [2.24, 2.45) is 10.9 Å². The molecule has 0 radical (unpaired) electrons. The number of amidine groups is 1. The minimum absolute atomic E-state index is 0.128. The molecule has 2 aromatic rings. The quantitative estimate of drug-likeness (QED) is 0.385. The lowest BCUT2D eigenvalue weighted by molar-refractivity contribution is -0.0467. The largest absolute Gasteiger partial charge is 0.486 e. The molecule has 2 rings (SSSR count). The summed E-state index contributed by atoms with van der Waals surface area (Å²) in [4.78, 5) is 0. The number of para-hydroxylation sites is 1. The van der Waals surface area contributed by atoms with E-state index < -0.39 is 12.5 Å². The van der Waals surface area contributed by atoms with E-state index in [-0.39, 0.29) is 22.7 Å². The highest BCUT2D eigenvalue weighted by atomic mass is 19.3. The van der Waals surface area contributed by atoms with Gasteiger partial charge in [0.05, 0.1) is 5.56 Å². The lowest BCUT2D eigenvalue weighted by Gasteiger charge is -2.18. The van der Waals surface area contributed by atoms with Crippen LogP contribution in [0.25, 0.3) is 0 Å². The molecule has 0 aliphatic rings. The van der Waals surface area contributed by atoms with Gasteiger partial charge in [-0.15, -0.1) is 0 Å². The van der Waals surface area contributed by atoms with Gasteiger partial charge in [0, 0.05) is 5.56 Å². The Morgan fingerprint density at radius 1 is 1.10 bits per heavy atom. The highest BCUT2D eigenvalue weighted by molar-refractivity contribution is 5.99. The molecule has 3 N–H and O–H groups in total. The number of oxime groups is 1. The molecule has 21 heavy (non-hydrogen) atoms. The monoisotopic (exact) mass is 292 g/mol. The fraction of sp³-hybridized carbons (Fsp3) is 0.133. The molecule has 2 aromatic carbocycles. The van der Waals surface area contributed by atoms with Crippen LogP contribution in [-0.2, 0) is 5.92 Å². The van der Waals surface area contributed by atoms with Crippen molar-refractivity contribution in [1.82, 2.24) is 0 Å². The maximum atomic E-state index is 14.0. The minimum Gasteiger partial charge on any atom is -0.486 e. The molecular weight excluding hydrogens is 278 g/mol. The predicted molar refractivity (Wildman–Crippen MR) is 74.8 cm³/mol. The van der Waals surface area contributed by atoms with E-state index in [2.05, 4.69) is 5.16 Å². The maximum Gasteiger partial charge on any atom is 0.306 e. The maximum absolute atomic E-state index is 14.0. The van der Waals surface area contributed by atoms with E-state index in [9.17, 15) is 8.78 Å². The van der Waals surface area contributed by atoms with E-state index in [0.29, 0.717) is 0 Å². The van der Waals surface area contributed by atoms with Crippen molar-refractivity contribution in [3.05, 3.63) is 65.7 Å². The van der Waals surface area contributed by atoms with E-state index in [4.69, 9.17) is 15.7 Å². The van der Waals surface area contributed by atoms with E-state index in [1.807, 2.05) is 0 Å². The van der Waals surface area contributed by atoms with Crippen LogP contribution in [0.2, 0.25) is 0 Å².